The minimum absolute atomic E-state index is 0.110. The molecule has 0 aliphatic carbocycles. The third kappa shape index (κ3) is 3.70. The van der Waals surface area contributed by atoms with Crippen molar-refractivity contribution in [2.24, 2.45) is 5.92 Å². The van der Waals surface area contributed by atoms with Crippen molar-refractivity contribution in [3.05, 3.63) is 42.1 Å². The Bertz CT molecular complexity index is 861. The summed E-state index contributed by atoms with van der Waals surface area (Å²) >= 11 is 0. The number of nitrogens with zero attached hydrogens (tertiary/aromatic N) is 1. The van der Waals surface area contributed by atoms with E-state index in [2.05, 4.69) is 21.9 Å². The molecule has 1 aliphatic heterocycles. The van der Waals surface area contributed by atoms with E-state index in [1.165, 1.54) is 5.56 Å². The van der Waals surface area contributed by atoms with Crippen LogP contribution in [0.5, 0.6) is 0 Å². The normalized spacial score (nSPS) is 18.0. The zero-order valence-corrected chi connectivity index (χ0v) is 15.9. The van der Waals surface area contributed by atoms with Crippen LogP contribution in [0.2, 0.25) is 0 Å². The van der Waals surface area contributed by atoms with Gasteiger partial charge in [0, 0.05) is 23.8 Å². The van der Waals surface area contributed by atoms with Crippen molar-refractivity contribution in [3.63, 3.8) is 0 Å². The van der Waals surface area contributed by atoms with Gasteiger partial charge in [-0.05, 0) is 55.5 Å². The van der Waals surface area contributed by atoms with Gasteiger partial charge in [-0.1, -0.05) is 26.0 Å². The first kappa shape index (κ1) is 17.9. The molecule has 2 aromatic rings. The summed E-state index contributed by atoms with van der Waals surface area (Å²) in [5, 5.41) is 3.36. The summed E-state index contributed by atoms with van der Waals surface area (Å²) in [7, 11) is -3.50. The van der Waals surface area contributed by atoms with Crippen LogP contribution in [0.15, 0.2) is 41.4 Å². The molecular weight excluding hydrogens is 334 g/mol. The Balaban J connectivity index is 1.88. The summed E-state index contributed by atoms with van der Waals surface area (Å²) in [6.07, 6.45) is 2.71. The third-order valence-electron chi connectivity index (χ3n) is 4.77. The summed E-state index contributed by atoms with van der Waals surface area (Å²) in [4.78, 5) is 4.68. The van der Waals surface area contributed by atoms with E-state index >= 15 is 0 Å². The van der Waals surface area contributed by atoms with Crippen LogP contribution in [0.1, 0.15) is 33.3 Å². The van der Waals surface area contributed by atoms with Gasteiger partial charge < -0.3 is 5.32 Å². The molecule has 6 heteroatoms. The highest BCUT2D eigenvalue weighted by atomic mass is 32.2. The van der Waals surface area contributed by atoms with Crippen LogP contribution < -0.4 is 10.0 Å². The second-order valence-corrected chi connectivity index (χ2v) is 8.83. The molecule has 134 valence electrons. The lowest BCUT2D eigenvalue weighted by atomic mass is 9.99. The summed E-state index contributed by atoms with van der Waals surface area (Å²) < 4.78 is 27.7. The van der Waals surface area contributed by atoms with Crippen LogP contribution >= 0.6 is 0 Å². The smallest absolute Gasteiger partial charge is 0.240 e. The number of benzene rings is 1. The number of aromatic nitrogens is 1. The SMILES string of the molecule is CC1Cc2c(-c3ccc(S(=O)(=O)NC(C)C(C)C)cc3)ccnc2N1. The van der Waals surface area contributed by atoms with E-state index in [0.29, 0.717) is 10.9 Å². The molecular formula is C19H25N3O2S. The van der Waals surface area contributed by atoms with Crippen LogP contribution in [0.25, 0.3) is 11.1 Å². The fraction of sp³-hybridized carbons (Fsp3) is 0.421. The van der Waals surface area contributed by atoms with E-state index in [1.54, 1.807) is 18.3 Å². The van der Waals surface area contributed by atoms with Gasteiger partial charge in [-0.25, -0.2) is 18.1 Å². The molecule has 0 bridgehead atoms. The third-order valence-corrected chi connectivity index (χ3v) is 6.34. The van der Waals surface area contributed by atoms with E-state index in [4.69, 9.17) is 0 Å². The molecule has 0 saturated carbocycles. The van der Waals surface area contributed by atoms with E-state index in [1.807, 2.05) is 39.0 Å². The van der Waals surface area contributed by atoms with Gasteiger partial charge >= 0.3 is 0 Å². The lowest BCUT2D eigenvalue weighted by Gasteiger charge is -2.17. The van der Waals surface area contributed by atoms with Gasteiger partial charge in [-0.3, -0.25) is 0 Å². The minimum atomic E-state index is -3.50. The van der Waals surface area contributed by atoms with E-state index in [9.17, 15) is 8.42 Å². The molecule has 0 amide bonds. The molecule has 3 rings (SSSR count). The Labute approximate surface area is 149 Å². The summed E-state index contributed by atoms with van der Waals surface area (Å²) in [5.41, 5.74) is 3.30. The van der Waals surface area contributed by atoms with E-state index in [-0.39, 0.29) is 12.0 Å². The molecule has 25 heavy (non-hydrogen) atoms. The summed E-state index contributed by atoms with van der Waals surface area (Å²) in [5.74, 6) is 1.16. The van der Waals surface area contributed by atoms with Gasteiger partial charge in [-0.2, -0.15) is 0 Å². The maximum atomic E-state index is 12.5. The van der Waals surface area contributed by atoms with Crippen molar-refractivity contribution in [2.45, 2.75) is 51.1 Å². The molecule has 0 fully saturated rings. The number of pyridine rings is 1. The topological polar surface area (TPSA) is 71.1 Å². The molecule has 0 radical (unpaired) electrons. The molecule has 1 aromatic heterocycles. The Morgan fingerprint density at radius 1 is 1.16 bits per heavy atom. The highest BCUT2D eigenvalue weighted by Gasteiger charge is 2.22. The number of fused-ring (bicyclic) bond motifs is 1. The van der Waals surface area contributed by atoms with E-state index < -0.39 is 10.0 Å². The number of sulfonamides is 1. The van der Waals surface area contributed by atoms with Crippen molar-refractivity contribution in [2.75, 3.05) is 5.32 Å². The lowest BCUT2D eigenvalue weighted by molar-refractivity contribution is 0.476. The van der Waals surface area contributed by atoms with Crippen molar-refractivity contribution >= 4 is 15.8 Å². The monoisotopic (exact) mass is 359 g/mol. The molecule has 1 aliphatic rings. The van der Waals surface area contributed by atoms with Gasteiger partial charge in [0.05, 0.1) is 4.90 Å². The first-order chi connectivity index (χ1) is 11.8. The maximum absolute atomic E-state index is 12.5. The quantitative estimate of drug-likeness (QED) is 0.858. The lowest BCUT2D eigenvalue weighted by Crippen LogP contribution is -2.36. The maximum Gasteiger partial charge on any atom is 0.240 e. The molecule has 2 N–H and O–H groups in total. The molecule has 5 nitrogen and oxygen atoms in total. The van der Waals surface area contributed by atoms with Crippen LogP contribution in [0, 0.1) is 5.92 Å². The van der Waals surface area contributed by atoms with Gasteiger partial charge in [-0.15, -0.1) is 0 Å². The van der Waals surface area contributed by atoms with Crippen LogP contribution in [-0.2, 0) is 16.4 Å². The highest BCUT2D eigenvalue weighted by molar-refractivity contribution is 7.89. The molecule has 0 saturated heterocycles. The molecule has 0 spiro atoms. The van der Waals surface area contributed by atoms with Crippen LogP contribution in [0.4, 0.5) is 5.82 Å². The largest absolute Gasteiger partial charge is 0.367 e. The zero-order valence-electron chi connectivity index (χ0n) is 15.1. The number of anilines is 1. The molecule has 1 aromatic carbocycles. The second-order valence-electron chi connectivity index (χ2n) is 7.11. The van der Waals surface area contributed by atoms with Crippen molar-refractivity contribution in [1.82, 2.24) is 9.71 Å². The Morgan fingerprint density at radius 2 is 1.84 bits per heavy atom. The number of hydrogen-bond donors (Lipinski definition) is 2. The average Bonchev–Trinajstić information content (AvgIpc) is 2.94. The Morgan fingerprint density at radius 3 is 2.48 bits per heavy atom. The summed E-state index contributed by atoms with van der Waals surface area (Å²) in [6.45, 7) is 8.00. The van der Waals surface area contributed by atoms with Crippen molar-refractivity contribution in [1.29, 1.82) is 0 Å². The fourth-order valence-electron chi connectivity index (χ4n) is 2.95. The number of nitrogens with one attached hydrogen (secondary N) is 2. The predicted molar refractivity (Wildman–Crippen MR) is 101 cm³/mol. The molecule has 2 unspecified atom stereocenters. The zero-order chi connectivity index (χ0) is 18.2. The first-order valence-corrected chi connectivity index (χ1v) is 10.1. The molecule has 2 heterocycles. The standard InChI is InChI=1S/C19H25N3O2S/c1-12(2)14(4)22-25(23,24)16-7-5-15(6-8-16)17-9-10-20-19-18(17)11-13(3)21-19/h5-10,12-14,22H,11H2,1-4H3,(H,20,21). The highest BCUT2D eigenvalue weighted by Crippen LogP contribution is 2.33. The minimum Gasteiger partial charge on any atom is -0.367 e. The van der Waals surface area contributed by atoms with Crippen molar-refractivity contribution in [3.8, 4) is 11.1 Å². The van der Waals surface area contributed by atoms with Gasteiger partial charge in [0.15, 0.2) is 0 Å². The average molecular weight is 359 g/mol. The number of hydrogen-bond acceptors (Lipinski definition) is 4. The van der Waals surface area contributed by atoms with Gasteiger partial charge in [0.25, 0.3) is 0 Å². The first-order valence-electron chi connectivity index (χ1n) is 8.65. The predicted octanol–water partition coefficient (Wildman–Crippen LogP) is 3.43. The van der Waals surface area contributed by atoms with Crippen LogP contribution in [-0.4, -0.2) is 25.5 Å². The number of rotatable bonds is 5. The Kier molecular flexibility index (Phi) is 4.84. The second kappa shape index (κ2) is 6.77. The fourth-order valence-corrected chi connectivity index (χ4v) is 4.34. The van der Waals surface area contributed by atoms with Crippen LogP contribution in [0.3, 0.4) is 0 Å². The molecule has 2 atom stereocenters. The van der Waals surface area contributed by atoms with E-state index in [0.717, 1.165) is 23.4 Å². The van der Waals surface area contributed by atoms with Gasteiger partial charge in [0.2, 0.25) is 10.0 Å². The van der Waals surface area contributed by atoms with Gasteiger partial charge in [0.1, 0.15) is 5.82 Å². The van der Waals surface area contributed by atoms with Crippen molar-refractivity contribution < 1.29 is 8.42 Å². The Hall–Kier alpha value is -1.92. The summed E-state index contributed by atoms with van der Waals surface area (Å²) in [6, 6.07) is 9.32.